The SMILES string of the molecule is CC(C)(C)OC(=O)N1CC2(C1)CN(c1cccc3ncsc13)CC2C(=O)O. The average Bonchev–Trinajstić information content (AvgIpc) is 3.15. The zero-order chi connectivity index (χ0) is 19.4. The number of fused-ring (bicyclic) bond motifs is 1. The molecule has 2 aliphatic rings. The molecule has 2 fully saturated rings. The molecule has 1 atom stereocenters. The third kappa shape index (κ3) is 3.12. The molecule has 0 saturated carbocycles. The quantitative estimate of drug-likeness (QED) is 0.850. The Hall–Kier alpha value is -2.35. The first-order valence-corrected chi connectivity index (χ1v) is 9.84. The van der Waals surface area contributed by atoms with Crippen LogP contribution >= 0.6 is 11.3 Å². The largest absolute Gasteiger partial charge is 0.481 e. The molecule has 4 rings (SSSR count). The van der Waals surface area contributed by atoms with Crippen LogP contribution in [0.4, 0.5) is 10.5 Å². The Balaban J connectivity index is 1.55. The monoisotopic (exact) mass is 389 g/mol. The molecule has 144 valence electrons. The number of hydrogen-bond donors (Lipinski definition) is 1. The van der Waals surface area contributed by atoms with Gasteiger partial charge in [-0.25, -0.2) is 9.78 Å². The third-order valence-electron chi connectivity index (χ3n) is 5.29. The molecule has 3 heterocycles. The predicted molar refractivity (Wildman–Crippen MR) is 103 cm³/mol. The molecule has 2 aliphatic heterocycles. The number of hydrogen-bond acceptors (Lipinski definition) is 6. The van der Waals surface area contributed by atoms with Crippen molar-refractivity contribution in [3.05, 3.63) is 23.7 Å². The van der Waals surface area contributed by atoms with Crippen LogP contribution in [0.3, 0.4) is 0 Å². The normalized spacial score (nSPS) is 21.5. The Kier molecular flexibility index (Phi) is 4.06. The van der Waals surface area contributed by atoms with Gasteiger partial charge in [0.15, 0.2) is 0 Å². The lowest BCUT2D eigenvalue weighted by Gasteiger charge is -2.49. The van der Waals surface area contributed by atoms with E-state index in [0.717, 1.165) is 15.9 Å². The van der Waals surface area contributed by atoms with Crippen molar-refractivity contribution in [2.75, 3.05) is 31.1 Å². The third-order valence-corrected chi connectivity index (χ3v) is 6.15. The molecule has 8 heteroatoms. The minimum Gasteiger partial charge on any atom is -0.481 e. The topological polar surface area (TPSA) is 83.0 Å². The van der Waals surface area contributed by atoms with E-state index in [0.29, 0.717) is 26.2 Å². The number of carbonyl (C=O) groups excluding carboxylic acids is 1. The second-order valence-electron chi connectivity index (χ2n) is 8.45. The van der Waals surface area contributed by atoms with Crippen LogP contribution in [0.25, 0.3) is 10.2 Å². The highest BCUT2D eigenvalue weighted by molar-refractivity contribution is 7.17. The van der Waals surface area contributed by atoms with Crippen LogP contribution < -0.4 is 4.90 Å². The first-order chi connectivity index (χ1) is 12.7. The van der Waals surface area contributed by atoms with E-state index in [-0.39, 0.29) is 6.09 Å². The van der Waals surface area contributed by atoms with Gasteiger partial charge in [0.05, 0.1) is 27.3 Å². The molecule has 2 aromatic rings. The maximum Gasteiger partial charge on any atom is 0.410 e. The highest BCUT2D eigenvalue weighted by Crippen LogP contribution is 2.47. The van der Waals surface area contributed by atoms with E-state index in [2.05, 4.69) is 9.88 Å². The number of aromatic nitrogens is 1. The van der Waals surface area contributed by atoms with Crippen molar-refractivity contribution in [1.29, 1.82) is 0 Å². The molecule has 7 nitrogen and oxygen atoms in total. The summed E-state index contributed by atoms with van der Waals surface area (Å²) in [5.74, 6) is -1.32. The van der Waals surface area contributed by atoms with Gasteiger partial charge in [-0.05, 0) is 32.9 Å². The van der Waals surface area contributed by atoms with E-state index < -0.39 is 22.9 Å². The molecule has 0 bridgehead atoms. The van der Waals surface area contributed by atoms with Gasteiger partial charge in [-0.3, -0.25) is 4.79 Å². The fraction of sp³-hybridized carbons (Fsp3) is 0.526. The highest BCUT2D eigenvalue weighted by Gasteiger charge is 2.59. The van der Waals surface area contributed by atoms with Gasteiger partial charge in [-0.15, -0.1) is 11.3 Å². The minimum atomic E-state index is -0.808. The molecule has 0 aliphatic carbocycles. The van der Waals surface area contributed by atoms with Crippen LogP contribution in [-0.4, -0.2) is 58.8 Å². The van der Waals surface area contributed by atoms with E-state index in [1.54, 1.807) is 16.2 Å². The van der Waals surface area contributed by atoms with Crippen molar-refractivity contribution in [3.8, 4) is 0 Å². The van der Waals surface area contributed by atoms with Crippen molar-refractivity contribution in [2.24, 2.45) is 11.3 Å². The number of rotatable bonds is 2. The van der Waals surface area contributed by atoms with Crippen LogP contribution in [0.2, 0.25) is 0 Å². The van der Waals surface area contributed by atoms with Crippen molar-refractivity contribution >= 4 is 39.3 Å². The Morgan fingerprint density at radius 2 is 2.04 bits per heavy atom. The number of amides is 1. The maximum atomic E-state index is 12.3. The van der Waals surface area contributed by atoms with Gasteiger partial charge in [0, 0.05) is 31.6 Å². The van der Waals surface area contributed by atoms with Crippen molar-refractivity contribution in [3.63, 3.8) is 0 Å². The summed E-state index contributed by atoms with van der Waals surface area (Å²) in [6.45, 7) is 7.35. The molecule has 2 saturated heterocycles. The van der Waals surface area contributed by atoms with Gasteiger partial charge in [0.2, 0.25) is 0 Å². The summed E-state index contributed by atoms with van der Waals surface area (Å²) in [6.07, 6.45) is -0.375. The van der Waals surface area contributed by atoms with Crippen LogP contribution in [0.1, 0.15) is 20.8 Å². The van der Waals surface area contributed by atoms with Crippen LogP contribution in [0.5, 0.6) is 0 Å². The summed E-state index contributed by atoms with van der Waals surface area (Å²) in [4.78, 5) is 32.3. The highest BCUT2D eigenvalue weighted by atomic mass is 32.1. The molecule has 1 aromatic heterocycles. The first-order valence-electron chi connectivity index (χ1n) is 8.96. The standard InChI is InChI=1S/C19H23N3O4S/c1-18(2,3)26-17(25)22-9-19(10-22)8-21(7-12(19)16(23)24)14-6-4-5-13-15(14)27-11-20-13/h4-6,11-12H,7-10H2,1-3H3,(H,23,24). The fourth-order valence-corrected chi connectivity index (χ4v) is 4.93. The number of carboxylic acids is 1. The van der Waals surface area contributed by atoms with Crippen LogP contribution in [-0.2, 0) is 9.53 Å². The minimum absolute atomic E-state index is 0.375. The molecule has 1 unspecified atom stereocenters. The number of carboxylic acid groups (broad SMARTS) is 1. The number of thiazole rings is 1. The van der Waals surface area contributed by atoms with Gasteiger partial charge in [-0.1, -0.05) is 6.07 Å². The summed E-state index contributed by atoms with van der Waals surface area (Å²) in [5, 5.41) is 9.79. The first kappa shape index (κ1) is 18.0. The summed E-state index contributed by atoms with van der Waals surface area (Å²) in [7, 11) is 0. The van der Waals surface area contributed by atoms with E-state index in [4.69, 9.17) is 4.74 Å². The zero-order valence-electron chi connectivity index (χ0n) is 15.6. The molecule has 27 heavy (non-hydrogen) atoms. The fourth-order valence-electron chi connectivity index (χ4n) is 4.10. The lowest BCUT2D eigenvalue weighted by Crippen LogP contribution is -2.63. The number of nitrogens with zero attached hydrogens (tertiary/aromatic N) is 3. The van der Waals surface area contributed by atoms with E-state index in [9.17, 15) is 14.7 Å². The lowest BCUT2D eigenvalue weighted by atomic mass is 9.72. The van der Waals surface area contributed by atoms with Crippen molar-refractivity contribution in [1.82, 2.24) is 9.88 Å². The van der Waals surface area contributed by atoms with E-state index >= 15 is 0 Å². The Labute approximate surface area is 161 Å². The van der Waals surface area contributed by atoms with Crippen molar-refractivity contribution in [2.45, 2.75) is 26.4 Å². The smallest absolute Gasteiger partial charge is 0.410 e. The number of likely N-dealkylation sites (tertiary alicyclic amines) is 1. The molecular weight excluding hydrogens is 366 g/mol. The second kappa shape index (κ2) is 6.09. The number of ether oxygens (including phenoxy) is 1. The van der Waals surface area contributed by atoms with E-state index in [1.165, 1.54) is 0 Å². The summed E-state index contributed by atoms with van der Waals surface area (Å²) < 4.78 is 6.49. The summed E-state index contributed by atoms with van der Waals surface area (Å²) >= 11 is 1.56. The molecule has 1 aromatic carbocycles. The maximum absolute atomic E-state index is 12.3. The number of aliphatic carboxylic acids is 1. The van der Waals surface area contributed by atoms with Gasteiger partial charge in [-0.2, -0.15) is 0 Å². The van der Waals surface area contributed by atoms with Gasteiger partial charge < -0.3 is 19.6 Å². The molecule has 0 radical (unpaired) electrons. The van der Waals surface area contributed by atoms with Gasteiger partial charge in [0.25, 0.3) is 0 Å². The van der Waals surface area contributed by atoms with Gasteiger partial charge in [0.1, 0.15) is 5.60 Å². The zero-order valence-corrected chi connectivity index (χ0v) is 16.5. The van der Waals surface area contributed by atoms with Crippen molar-refractivity contribution < 1.29 is 19.4 Å². The van der Waals surface area contributed by atoms with Crippen LogP contribution in [0.15, 0.2) is 23.7 Å². The Bertz CT molecular complexity index is 898. The molecule has 1 amide bonds. The molecule has 1 N–H and O–H groups in total. The summed E-state index contributed by atoms with van der Waals surface area (Å²) in [6, 6.07) is 5.93. The number of anilines is 1. The predicted octanol–water partition coefficient (Wildman–Crippen LogP) is 3.05. The van der Waals surface area contributed by atoms with E-state index in [1.807, 2.05) is 44.5 Å². The van der Waals surface area contributed by atoms with Gasteiger partial charge >= 0.3 is 12.1 Å². The number of carbonyl (C=O) groups is 2. The number of benzene rings is 1. The molecular formula is C19H23N3O4S. The summed E-state index contributed by atoms with van der Waals surface area (Å²) in [5.41, 5.74) is 2.76. The Morgan fingerprint density at radius 1 is 1.30 bits per heavy atom. The lowest BCUT2D eigenvalue weighted by molar-refractivity contribution is -0.149. The second-order valence-corrected chi connectivity index (χ2v) is 9.30. The average molecular weight is 389 g/mol. The Morgan fingerprint density at radius 3 is 2.70 bits per heavy atom. The van der Waals surface area contributed by atoms with Crippen LogP contribution in [0, 0.1) is 11.3 Å². The molecule has 1 spiro atoms.